The highest BCUT2D eigenvalue weighted by molar-refractivity contribution is 7.20. The van der Waals surface area contributed by atoms with Gasteiger partial charge in [-0.3, -0.25) is 9.59 Å². The molecule has 0 saturated carbocycles. The molecule has 2 amide bonds. The lowest BCUT2D eigenvalue weighted by atomic mass is 10.1. The maximum atomic E-state index is 12.7. The highest BCUT2D eigenvalue weighted by Crippen LogP contribution is 2.26. The first-order chi connectivity index (χ1) is 13.5. The van der Waals surface area contributed by atoms with Crippen molar-refractivity contribution in [2.75, 3.05) is 33.2 Å². The van der Waals surface area contributed by atoms with Crippen LogP contribution in [-0.4, -0.2) is 70.4 Å². The molecule has 1 N–H and O–H groups in total. The minimum Gasteiger partial charge on any atom is -0.341 e. The standard InChI is InChI=1S/C20H23N5O2S/c1-14(19(27)24-11-9-23(2)10-12-24)21-18(26)15-5-6-16-17(13-15)28-20(22-16)25-7-3-4-8-25/h3-8,13-14H,9-12H2,1-2H3,(H,21,26). The van der Waals surface area contributed by atoms with E-state index in [1.54, 1.807) is 13.0 Å². The Morgan fingerprint density at radius 2 is 1.86 bits per heavy atom. The number of aromatic nitrogens is 2. The van der Waals surface area contributed by atoms with Crippen LogP contribution in [0.5, 0.6) is 0 Å². The van der Waals surface area contributed by atoms with Crippen molar-refractivity contribution in [3.8, 4) is 5.13 Å². The first-order valence-electron chi connectivity index (χ1n) is 9.33. The van der Waals surface area contributed by atoms with Crippen LogP contribution in [0.2, 0.25) is 0 Å². The van der Waals surface area contributed by atoms with E-state index in [9.17, 15) is 9.59 Å². The van der Waals surface area contributed by atoms with Crippen molar-refractivity contribution in [2.45, 2.75) is 13.0 Å². The molecule has 0 bridgehead atoms. The van der Waals surface area contributed by atoms with Crippen LogP contribution in [0.4, 0.5) is 0 Å². The van der Waals surface area contributed by atoms with Crippen LogP contribution in [-0.2, 0) is 4.79 Å². The molecule has 1 aliphatic heterocycles. The van der Waals surface area contributed by atoms with E-state index in [0.717, 1.165) is 28.4 Å². The quantitative estimate of drug-likeness (QED) is 0.731. The molecule has 28 heavy (non-hydrogen) atoms. The van der Waals surface area contributed by atoms with Crippen molar-refractivity contribution in [3.63, 3.8) is 0 Å². The molecule has 1 aromatic carbocycles. The van der Waals surface area contributed by atoms with Crippen molar-refractivity contribution in [3.05, 3.63) is 48.3 Å². The summed E-state index contributed by atoms with van der Waals surface area (Å²) >= 11 is 1.53. The van der Waals surface area contributed by atoms with Gasteiger partial charge in [0.2, 0.25) is 5.91 Å². The first kappa shape index (κ1) is 18.6. The summed E-state index contributed by atoms with van der Waals surface area (Å²) in [6.45, 7) is 4.86. The van der Waals surface area contributed by atoms with E-state index in [1.165, 1.54) is 11.3 Å². The summed E-state index contributed by atoms with van der Waals surface area (Å²) in [6.07, 6.45) is 3.88. The fourth-order valence-electron chi connectivity index (χ4n) is 3.27. The lowest BCUT2D eigenvalue weighted by molar-refractivity contribution is -0.134. The monoisotopic (exact) mass is 397 g/mol. The molecule has 0 radical (unpaired) electrons. The average Bonchev–Trinajstić information content (AvgIpc) is 3.36. The largest absolute Gasteiger partial charge is 0.341 e. The maximum absolute atomic E-state index is 12.7. The van der Waals surface area contributed by atoms with Gasteiger partial charge in [-0.1, -0.05) is 11.3 Å². The van der Waals surface area contributed by atoms with E-state index in [2.05, 4.69) is 15.2 Å². The number of nitrogens with zero attached hydrogens (tertiary/aromatic N) is 4. The molecule has 1 unspecified atom stereocenters. The van der Waals surface area contributed by atoms with Crippen molar-refractivity contribution >= 4 is 33.4 Å². The molecule has 0 aliphatic carbocycles. The van der Waals surface area contributed by atoms with Gasteiger partial charge in [-0.05, 0) is 44.3 Å². The summed E-state index contributed by atoms with van der Waals surface area (Å²) in [7, 11) is 2.05. The van der Waals surface area contributed by atoms with Gasteiger partial charge in [0, 0.05) is 44.1 Å². The molecule has 1 atom stereocenters. The molecule has 1 saturated heterocycles. The zero-order valence-electron chi connectivity index (χ0n) is 16.0. The minimum atomic E-state index is -0.552. The summed E-state index contributed by atoms with van der Waals surface area (Å²) in [5.41, 5.74) is 1.39. The van der Waals surface area contributed by atoms with Crippen LogP contribution in [0.25, 0.3) is 15.3 Å². The highest BCUT2D eigenvalue weighted by Gasteiger charge is 2.25. The van der Waals surface area contributed by atoms with Crippen molar-refractivity contribution in [1.82, 2.24) is 24.7 Å². The van der Waals surface area contributed by atoms with Crippen LogP contribution in [0.3, 0.4) is 0 Å². The Balaban J connectivity index is 1.45. The summed E-state index contributed by atoms with van der Waals surface area (Å²) in [6, 6.07) is 8.78. The van der Waals surface area contributed by atoms with Gasteiger partial charge in [0.05, 0.1) is 10.2 Å². The third kappa shape index (κ3) is 3.79. The fraction of sp³-hybridized carbons (Fsp3) is 0.350. The predicted octanol–water partition coefficient (Wildman–Crippen LogP) is 1.98. The van der Waals surface area contributed by atoms with E-state index in [-0.39, 0.29) is 11.8 Å². The van der Waals surface area contributed by atoms with Gasteiger partial charge in [0.15, 0.2) is 5.13 Å². The normalized spacial score (nSPS) is 16.3. The molecule has 4 rings (SSSR count). The van der Waals surface area contributed by atoms with Gasteiger partial charge in [-0.25, -0.2) is 4.98 Å². The summed E-state index contributed by atoms with van der Waals surface area (Å²) < 4.78 is 2.88. The third-order valence-electron chi connectivity index (χ3n) is 5.00. The predicted molar refractivity (Wildman–Crippen MR) is 110 cm³/mol. The zero-order chi connectivity index (χ0) is 19.7. The number of carbonyl (C=O) groups is 2. The van der Waals surface area contributed by atoms with E-state index < -0.39 is 6.04 Å². The molecule has 7 nitrogen and oxygen atoms in total. The number of rotatable bonds is 4. The Hall–Kier alpha value is -2.71. The summed E-state index contributed by atoms with van der Waals surface area (Å²) in [5.74, 6) is -0.275. The van der Waals surface area contributed by atoms with Gasteiger partial charge in [-0.2, -0.15) is 0 Å². The van der Waals surface area contributed by atoms with Crippen LogP contribution in [0.15, 0.2) is 42.7 Å². The molecule has 8 heteroatoms. The second-order valence-corrected chi connectivity index (χ2v) is 8.10. The second kappa shape index (κ2) is 7.73. The molecular weight excluding hydrogens is 374 g/mol. The second-order valence-electron chi connectivity index (χ2n) is 7.09. The van der Waals surface area contributed by atoms with Crippen LogP contribution >= 0.6 is 11.3 Å². The molecule has 3 heterocycles. The topological polar surface area (TPSA) is 70.5 Å². The zero-order valence-corrected chi connectivity index (χ0v) is 16.8. The number of benzene rings is 1. The smallest absolute Gasteiger partial charge is 0.251 e. The van der Waals surface area contributed by atoms with Gasteiger partial charge in [-0.15, -0.1) is 0 Å². The van der Waals surface area contributed by atoms with E-state index in [4.69, 9.17) is 0 Å². The number of hydrogen-bond donors (Lipinski definition) is 1. The number of likely N-dealkylation sites (N-methyl/N-ethyl adjacent to an activating group) is 1. The van der Waals surface area contributed by atoms with E-state index >= 15 is 0 Å². The molecule has 3 aromatic rings. The summed E-state index contributed by atoms with van der Waals surface area (Å²) in [5, 5.41) is 3.70. The molecule has 2 aromatic heterocycles. The number of hydrogen-bond acceptors (Lipinski definition) is 5. The Bertz CT molecular complexity index is 989. The Morgan fingerprint density at radius 3 is 2.57 bits per heavy atom. The minimum absolute atomic E-state index is 0.0322. The Morgan fingerprint density at radius 1 is 1.14 bits per heavy atom. The van der Waals surface area contributed by atoms with E-state index in [1.807, 2.05) is 53.2 Å². The van der Waals surface area contributed by atoms with Crippen LogP contribution in [0.1, 0.15) is 17.3 Å². The van der Waals surface area contributed by atoms with Gasteiger partial charge < -0.3 is 19.7 Å². The van der Waals surface area contributed by atoms with Gasteiger partial charge >= 0.3 is 0 Å². The number of piperazine rings is 1. The third-order valence-corrected chi connectivity index (χ3v) is 6.03. The SMILES string of the molecule is CC(NC(=O)c1ccc2nc(-n3cccc3)sc2c1)C(=O)N1CCN(C)CC1. The van der Waals surface area contributed by atoms with E-state index in [0.29, 0.717) is 18.7 Å². The van der Waals surface area contributed by atoms with Crippen LogP contribution < -0.4 is 5.32 Å². The van der Waals surface area contributed by atoms with Crippen molar-refractivity contribution < 1.29 is 9.59 Å². The number of thiazole rings is 1. The molecule has 146 valence electrons. The Kier molecular flexibility index (Phi) is 5.15. The lowest BCUT2D eigenvalue weighted by Gasteiger charge is -2.34. The number of amides is 2. The summed E-state index contributed by atoms with van der Waals surface area (Å²) in [4.78, 5) is 33.9. The average molecular weight is 398 g/mol. The lowest BCUT2D eigenvalue weighted by Crippen LogP contribution is -2.53. The Labute approximate surface area is 167 Å². The van der Waals surface area contributed by atoms with Crippen molar-refractivity contribution in [1.29, 1.82) is 0 Å². The molecule has 1 fully saturated rings. The van der Waals surface area contributed by atoms with Gasteiger partial charge in [0.1, 0.15) is 6.04 Å². The number of nitrogens with one attached hydrogen (secondary N) is 1. The molecule has 1 aliphatic rings. The molecular formula is C20H23N5O2S. The fourth-order valence-corrected chi connectivity index (χ4v) is 4.24. The van der Waals surface area contributed by atoms with Crippen molar-refractivity contribution in [2.24, 2.45) is 0 Å². The number of carbonyl (C=O) groups excluding carboxylic acids is 2. The highest BCUT2D eigenvalue weighted by atomic mass is 32.1. The molecule has 0 spiro atoms. The number of fused-ring (bicyclic) bond motifs is 1. The first-order valence-corrected chi connectivity index (χ1v) is 10.1. The maximum Gasteiger partial charge on any atom is 0.251 e. The van der Waals surface area contributed by atoms with Gasteiger partial charge in [0.25, 0.3) is 5.91 Å². The van der Waals surface area contributed by atoms with Crippen LogP contribution in [0, 0.1) is 0 Å².